The van der Waals surface area contributed by atoms with E-state index < -0.39 is 0 Å². The highest BCUT2D eigenvalue weighted by Gasteiger charge is 2.38. The van der Waals surface area contributed by atoms with Crippen molar-refractivity contribution in [3.05, 3.63) is 24.2 Å². The van der Waals surface area contributed by atoms with E-state index in [9.17, 15) is 4.79 Å². The molecule has 1 saturated heterocycles. The average Bonchev–Trinajstić information content (AvgIpc) is 2.92. The van der Waals surface area contributed by atoms with Crippen molar-refractivity contribution >= 4 is 6.03 Å². The van der Waals surface area contributed by atoms with E-state index in [2.05, 4.69) is 38.3 Å². The number of nitrogens with one attached hydrogen (secondary N) is 2. The van der Waals surface area contributed by atoms with Gasteiger partial charge in [-0.2, -0.15) is 0 Å². The molecule has 2 N–H and O–H groups in total. The van der Waals surface area contributed by atoms with Crippen LogP contribution >= 0.6 is 0 Å². The zero-order chi connectivity index (χ0) is 17.8. The van der Waals surface area contributed by atoms with E-state index in [-0.39, 0.29) is 23.2 Å². The molecule has 1 fully saturated rings. The van der Waals surface area contributed by atoms with Gasteiger partial charge in [0.15, 0.2) is 0 Å². The van der Waals surface area contributed by atoms with Crippen molar-refractivity contribution in [3.63, 3.8) is 0 Å². The van der Waals surface area contributed by atoms with E-state index in [1.807, 2.05) is 12.1 Å². The topological polar surface area (TPSA) is 66.7 Å². The Balaban J connectivity index is 2.00. The highest BCUT2D eigenvalue weighted by atomic mass is 16.5. The van der Waals surface area contributed by atoms with Crippen LogP contribution in [0.2, 0.25) is 0 Å². The van der Waals surface area contributed by atoms with Crippen LogP contribution in [0, 0.1) is 0 Å². The fourth-order valence-corrected chi connectivity index (χ4v) is 3.73. The first-order valence-corrected chi connectivity index (χ1v) is 8.57. The normalized spacial score (nSPS) is 19.9. The molecule has 1 aromatic rings. The third kappa shape index (κ3) is 5.53. The Morgan fingerprint density at radius 1 is 1.38 bits per heavy atom. The molecule has 0 aliphatic carbocycles. The smallest absolute Gasteiger partial charge is 0.318 e. The molecule has 24 heavy (non-hydrogen) atoms. The molecule has 1 aliphatic heterocycles. The average molecular weight is 337 g/mol. The summed E-state index contributed by atoms with van der Waals surface area (Å²) in [5.41, 5.74) is -0.00383. The van der Waals surface area contributed by atoms with Gasteiger partial charge in [-0.3, -0.25) is 0 Å². The first kappa shape index (κ1) is 18.8. The minimum atomic E-state index is -0.0676. The Hall–Kier alpha value is -1.53. The van der Waals surface area contributed by atoms with Gasteiger partial charge in [-0.15, -0.1) is 0 Å². The van der Waals surface area contributed by atoms with Crippen molar-refractivity contribution in [1.29, 1.82) is 0 Å². The van der Waals surface area contributed by atoms with Crippen LogP contribution in [0.5, 0.6) is 0 Å². The summed E-state index contributed by atoms with van der Waals surface area (Å²) in [5, 5.41) is 6.84. The number of ether oxygens (including phenoxy) is 1. The zero-order valence-corrected chi connectivity index (χ0v) is 15.5. The molecule has 0 radical (unpaired) electrons. The standard InChI is InChI=1S/C18H31N3O3/c1-17(2)11-14(12-18(3,4)20-17)19-16(22)21(8-10-23-5)13-15-7-6-9-24-15/h6-7,9,14,20H,8,10-13H2,1-5H3,(H,19,22). The Bertz CT molecular complexity index is 510. The fourth-order valence-electron chi connectivity index (χ4n) is 3.73. The Morgan fingerprint density at radius 3 is 2.58 bits per heavy atom. The maximum atomic E-state index is 12.8. The Morgan fingerprint density at radius 2 is 2.04 bits per heavy atom. The second-order valence-electron chi connectivity index (χ2n) is 7.94. The molecular weight excluding hydrogens is 306 g/mol. The number of rotatable bonds is 6. The van der Waals surface area contributed by atoms with Gasteiger partial charge in [0.05, 0.1) is 19.4 Å². The van der Waals surface area contributed by atoms with E-state index in [1.54, 1.807) is 18.3 Å². The highest BCUT2D eigenvalue weighted by Crippen LogP contribution is 2.28. The summed E-state index contributed by atoms with van der Waals surface area (Å²) >= 11 is 0. The Labute approximate surface area is 144 Å². The first-order chi connectivity index (χ1) is 11.2. The van der Waals surface area contributed by atoms with Gasteiger partial charge >= 0.3 is 6.03 Å². The summed E-state index contributed by atoms with van der Waals surface area (Å²) in [5.74, 6) is 0.771. The molecular formula is C18H31N3O3. The van der Waals surface area contributed by atoms with Crippen LogP contribution in [0.4, 0.5) is 4.79 Å². The van der Waals surface area contributed by atoms with E-state index >= 15 is 0 Å². The van der Waals surface area contributed by atoms with E-state index in [0.717, 1.165) is 18.6 Å². The van der Waals surface area contributed by atoms with Crippen LogP contribution < -0.4 is 10.6 Å². The van der Waals surface area contributed by atoms with Crippen molar-refractivity contribution in [1.82, 2.24) is 15.5 Å². The predicted octanol–water partition coefficient (Wildman–Crippen LogP) is 2.75. The van der Waals surface area contributed by atoms with Gasteiger partial charge < -0.3 is 24.7 Å². The monoisotopic (exact) mass is 337 g/mol. The number of nitrogens with zero attached hydrogens (tertiary/aromatic N) is 1. The van der Waals surface area contributed by atoms with Crippen molar-refractivity contribution in [2.24, 2.45) is 0 Å². The zero-order valence-electron chi connectivity index (χ0n) is 15.5. The molecule has 0 bridgehead atoms. The number of urea groups is 1. The number of amides is 2. The third-order valence-corrected chi connectivity index (χ3v) is 4.30. The van der Waals surface area contributed by atoms with Gasteiger partial charge in [-0.05, 0) is 52.7 Å². The van der Waals surface area contributed by atoms with Gasteiger partial charge in [0.1, 0.15) is 5.76 Å². The lowest BCUT2D eigenvalue weighted by atomic mass is 9.80. The summed E-state index contributed by atoms with van der Waals surface area (Å²) in [6.07, 6.45) is 3.43. The quantitative estimate of drug-likeness (QED) is 0.838. The second-order valence-corrected chi connectivity index (χ2v) is 7.94. The van der Waals surface area contributed by atoms with Crippen LogP contribution in [-0.2, 0) is 11.3 Å². The molecule has 2 rings (SSSR count). The Kier molecular flexibility index (Phi) is 5.93. The molecule has 1 aliphatic rings. The minimum Gasteiger partial charge on any atom is -0.467 e. The van der Waals surface area contributed by atoms with E-state index in [4.69, 9.17) is 9.15 Å². The molecule has 0 unspecified atom stereocenters. The molecule has 0 spiro atoms. The van der Waals surface area contributed by atoms with E-state index in [1.165, 1.54) is 0 Å². The minimum absolute atomic E-state index is 0.00192. The molecule has 136 valence electrons. The first-order valence-electron chi connectivity index (χ1n) is 8.57. The molecule has 0 saturated carbocycles. The predicted molar refractivity (Wildman–Crippen MR) is 93.8 cm³/mol. The van der Waals surface area contributed by atoms with Crippen LogP contribution in [0.25, 0.3) is 0 Å². The van der Waals surface area contributed by atoms with Crippen molar-refractivity contribution in [2.75, 3.05) is 20.3 Å². The molecule has 2 amide bonds. The van der Waals surface area contributed by atoms with Gasteiger partial charge in [-0.25, -0.2) is 4.79 Å². The van der Waals surface area contributed by atoms with Crippen molar-refractivity contribution in [2.45, 2.75) is 64.2 Å². The number of carbonyl (C=O) groups is 1. The summed E-state index contributed by atoms with van der Waals surface area (Å²) < 4.78 is 10.5. The molecule has 1 aromatic heterocycles. The number of piperidine rings is 1. The molecule has 0 aromatic carbocycles. The summed E-state index contributed by atoms with van der Waals surface area (Å²) in [7, 11) is 1.64. The largest absolute Gasteiger partial charge is 0.467 e. The number of carbonyl (C=O) groups excluding carboxylic acids is 1. The number of furan rings is 1. The number of hydrogen-bond acceptors (Lipinski definition) is 4. The lowest BCUT2D eigenvalue weighted by Crippen LogP contribution is -2.63. The molecule has 2 heterocycles. The number of hydrogen-bond donors (Lipinski definition) is 2. The third-order valence-electron chi connectivity index (χ3n) is 4.30. The lowest BCUT2D eigenvalue weighted by molar-refractivity contribution is 0.123. The summed E-state index contributed by atoms with van der Waals surface area (Å²) in [6, 6.07) is 3.79. The van der Waals surface area contributed by atoms with Crippen LogP contribution in [0.3, 0.4) is 0 Å². The summed E-state index contributed by atoms with van der Waals surface area (Å²) in [4.78, 5) is 14.5. The lowest BCUT2D eigenvalue weighted by Gasteiger charge is -2.46. The SMILES string of the molecule is COCCN(Cc1ccco1)C(=O)NC1CC(C)(C)NC(C)(C)C1. The van der Waals surface area contributed by atoms with Gasteiger partial charge in [0.25, 0.3) is 0 Å². The van der Waals surface area contributed by atoms with Crippen molar-refractivity contribution in [3.8, 4) is 0 Å². The molecule has 6 heteroatoms. The second kappa shape index (κ2) is 7.57. The van der Waals surface area contributed by atoms with Crippen LogP contribution in [0.15, 0.2) is 22.8 Å². The molecule has 0 atom stereocenters. The highest BCUT2D eigenvalue weighted by molar-refractivity contribution is 5.74. The van der Waals surface area contributed by atoms with E-state index in [0.29, 0.717) is 19.7 Å². The summed E-state index contributed by atoms with van der Waals surface area (Å²) in [6.45, 7) is 10.2. The van der Waals surface area contributed by atoms with Crippen LogP contribution in [-0.4, -0.2) is 48.3 Å². The maximum Gasteiger partial charge on any atom is 0.318 e. The van der Waals surface area contributed by atoms with Gasteiger partial charge in [0.2, 0.25) is 0 Å². The maximum absolute atomic E-state index is 12.8. The number of methoxy groups -OCH3 is 1. The van der Waals surface area contributed by atoms with Gasteiger partial charge in [0, 0.05) is 30.8 Å². The van der Waals surface area contributed by atoms with Gasteiger partial charge in [-0.1, -0.05) is 0 Å². The molecule has 6 nitrogen and oxygen atoms in total. The van der Waals surface area contributed by atoms with Crippen molar-refractivity contribution < 1.29 is 13.9 Å². The fraction of sp³-hybridized carbons (Fsp3) is 0.722. The van der Waals surface area contributed by atoms with Crippen LogP contribution in [0.1, 0.15) is 46.3 Å².